The van der Waals surface area contributed by atoms with Gasteiger partial charge in [0.15, 0.2) is 9.84 Å². The summed E-state index contributed by atoms with van der Waals surface area (Å²) in [5.74, 6) is -2.12. The van der Waals surface area contributed by atoms with Gasteiger partial charge in [0.2, 0.25) is 0 Å². The summed E-state index contributed by atoms with van der Waals surface area (Å²) in [4.78, 5) is 10.2. The van der Waals surface area contributed by atoms with Crippen LogP contribution in [0.3, 0.4) is 0 Å². The fourth-order valence-corrected chi connectivity index (χ4v) is 1.86. The Bertz CT molecular complexity index is 256. The van der Waals surface area contributed by atoms with Gasteiger partial charge in [0, 0.05) is 13.7 Å². The second-order valence-electron chi connectivity index (χ2n) is 2.79. The van der Waals surface area contributed by atoms with Crippen molar-refractivity contribution < 1.29 is 23.1 Å². The van der Waals surface area contributed by atoms with E-state index < -0.39 is 26.8 Å². The Morgan fingerprint density at radius 3 is 2.46 bits per heavy atom. The molecule has 0 aliphatic rings. The monoisotopic (exact) mass is 210 g/mol. The molecule has 0 aliphatic heterocycles. The minimum atomic E-state index is -3.51. The Morgan fingerprint density at radius 2 is 2.08 bits per heavy atom. The first-order valence-electron chi connectivity index (χ1n) is 3.82. The van der Waals surface area contributed by atoms with Crippen LogP contribution in [0, 0.1) is 0 Å². The predicted octanol–water partition coefficient (Wildman–Crippen LogP) is -0.0892. The highest BCUT2D eigenvalue weighted by Gasteiger charge is 2.23. The van der Waals surface area contributed by atoms with E-state index in [-0.39, 0.29) is 0 Å². The molecule has 0 fully saturated rings. The lowest BCUT2D eigenvalue weighted by atomic mass is 10.3. The van der Waals surface area contributed by atoms with Crippen molar-refractivity contribution in [3.63, 3.8) is 0 Å². The van der Waals surface area contributed by atoms with Crippen molar-refractivity contribution in [3.8, 4) is 0 Å². The molecule has 0 aromatic heterocycles. The molecular weight excluding hydrogens is 196 g/mol. The Hall–Kier alpha value is -0.620. The molecule has 0 amide bonds. The van der Waals surface area contributed by atoms with E-state index in [2.05, 4.69) is 0 Å². The highest BCUT2D eigenvalue weighted by molar-refractivity contribution is 7.92. The lowest BCUT2D eigenvalue weighted by molar-refractivity contribution is -0.134. The van der Waals surface area contributed by atoms with Crippen LogP contribution in [0.1, 0.15) is 13.3 Å². The van der Waals surface area contributed by atoms with Gasteiger partial charge in [-0.1, -0.05) is 0 Å². The van der Waals surface area contributed by atoms with E-state index >= 15 is 0 Å². The van der Waals surface area contributed by atoms with Crippen LogP contribution in [0.2, 0.25) is 0 Å². The van der Waals surface area contributed by atoms with E-state index in [4.69, 9.17) is 9.84 Å². The number of carboxylic acids is 1. The third kappa shape index (κ3) is 4.84. The Labute approximate surface area is 77.6 Å². The summed E-state index contributed by atoms with van der Waals surface area (Å²) in [6, 6.07) is 0. The van der Waals surface area contributed by atoms with E-state index in [1.807, 2.05) is 0 Å². The molecule has 0 aliphatic carbocycles. The lowest BCUT2D eigenvalue weighted by Gasteiger charge is -2.09. The van der Waals surface area contributed by atoms with Gasteiger partial charge < -0.3 is 9.84 Å². The van der Waals surface area contributed by atoms with Gasteiger partial charge in [-0.2, -0.15) is 0 Å². The van der Waals surface area contributed by atoms with Crippen LogP contribution in [0.25, 0.3) is 0 Å². The number of methoxy groups -OCH3 is 1. The molecule has 0 heterocycles. The van der Waals surface area contributed by atoms with Gasteiger partial charge in [0.1, 0.15) is 5.75 Å². The molecule has 6 heteroatoms. The summed E-state index contributed by atoms with van der Waals surface area (Å²) in [7, 11) is -2.04. The number of ether oxygens (including phenoxy) is 1. The quantitative estimate of drug-likeness (QED) is 0.662. The highest BCUT2D eigenvalue weighted by Crippen LogP contribution is 2.06. The number of carboxylic acid groups (broad SMARTS) is 1. The maximum Gasteiger partial charge on any atom is 0.318 e. The smallest absolute Gasteiger partial charge is 0.318 e. The number of sulfone groups is 1. The summed E-state index contributed by atoms with van der Waals surface area (Å²) in [5.41, 5.74) is 0. The molecule has 0 saturated carbocycles. The fourth-order valence-electron chi connectivity index (χ4n) is 0.778. The van der Waals surface area contributed by atoms with Crippen molar-refractivity contribution in [2.24, 2.45) is 0 Å². The minimum Gasteiger partial charge on any atom is -0.480 e. The van der Waals surface area contributed by atoms with Crippen molar-refractivity contribution >= 4 is 15.8 Å². The standard InChI is InChI=1S/C7H14O5S/c1-6(3-4-12-2)13(10,11)5-7(8)9/h6H,3-5H2,1-2H3,(H,8,9). The SMILES string of the molecule is COCCC(C)S(=O)(=O)CC(=O)O. The molecule has 0 rings (SSSR count). The zero-order valence-electron chi connectivity index (χ0n) is 7.69. The second kappa shape index (κ2) is 5.18. The second-order valence-corrected chi connectivity index (χ2v) is 5.21. The lowest BCUT2D eigenvalue weighted by Crippen LogP contribution is -2.26. The summed E-state index contributed by atoms with van der Waals surface area (Å²) in [5, 5.41) is 7.65. The Kier molecular flexibility index (Phi) is 4.94. The van der Waals surface area contributed by atoms with Crippen molar-refractivity contribution in [2.45, 2.75) is 18.6 Å². The molecule has 78 valence electrons. The number of aliphatic carboxylic acids is 1. The average molecular weight is 210 g/mol. The van der Waals surface area contributed by atoms with Crippen LogP contribution in [0.15, 0.2) is 0 Å². The molecule has 0 aromatic rings. The predicted molar refractivity (Wildman–Crippen MR) is 47.4 cm³/mol. The third-order valence-electron chi connectivity index (χ3n) is 1.67. The molecule has 1 unspecified atom stereocenters. The molecule has 0 saturated heterocycles. The maximum atomic E-state index is 11.2. The number of hydrogen-bond acceptors (Lipinski definition) is 4. The molecule has 13 heavy (non-hydrogen) atoms. The normalized spacial score (nSPS) is 14.0. The summed E-state index contributed by atoms with van der Waals surface area (Å²) in [6.45, 7) is 1.80. The van der Waals surface area contributed by atoms with E-state index in [0.717, 1.165) is 0 Å². The van der Waals surface area contributed by atoms with Gasteiger partial charge in [-0.15, -0.1) is 0 Å². The molecule has 0 radical (unpaired) electrons. The molecule has 1 atom stereocenters. The van der Waals surface area contributed by atoms with Gasteiger partial charge in [-0.25, -0.2) is 8.42 Å². The highest BCUT2D eigenvalue weighted by atomic mass is 32.2. The van der Waals surface area contributed by atoms with Gasteiger partial charge >= 0.3 is 5.97 Å². The van der Waals surface area contributed by atoms with E-state index in [1.54, 1.807) is 0 Å². The Morgan fingerprint density at radius 1 is 1.54 bits per heavy atom. The van der Waals surface area contributed by atoms with Gasteiger partial charge in [0.05, 0.1) is 5.25 Å². The number of rotatable bonds is 6. The summed E-state index contributed by atoms with van der Waals surface area (Å²) < 4.78 is 27.1. The van der Waals surface area contributed by atoms with Crippen molar-refractivity contribution in [2.75, 3.05) is 19.5 Å². The van der Waals surface area contributed by atoms with Crippen LogP contribution < -0.4 is 0 Å². The topological polar surface area (TPSA) is 80.7 Å². The molecule has 1 N–H and O–H groups in total. The van der Waals surface area contributed by atoms with Crippen molar-refractivity contribution in [1.29, 1.82) is 0 Å². The average Bonchev–Trinajstić information content (AvgIpc) is 1.97. The number of carbonyl (C=O) groups is 1. The van der Waals surface area contributed by atoms with Crippen LogP contribution in [0.5, 0.6) is 0 Å². The van der Waals surface area contributed by atoms with Gasteiger partial charge in [0.25, 0.3) is 0 Å². The Balaban J connectivity index is 4.20. The minimum absolute atomic E-state index is 0.319. The van der Waals surface area contributed by atoms with E-state index in [1.165, 1.54) is 14.0 Å². The van der Waals surface area contributed by atoms with Gasteiger partial charge in [-0.3, -0.25) is 4.79 Å². The van der Waals surface area contributed by atoms with Gasteiger partial charge in [-0.05, 0) is 13.3 Å². The zero-order chi connectivity index (χ0) is 10.5. The van der Waals surface area contributed by atoms with Crippen LogP contribution >= 0.6 is 0 Å². The molecule has 5 nitrogen and oxygen atoms in total. The maximum absolute atomic E-state index is 11.2. The first-order chi connectivity index (χ1) is 5.90. The first-order valence-corrected chi connectivity index (χ1v) is 5.54. The fraction of sp³-hybridized carbons (Fsp3) is 0.857. The van der Waals surface area contributed by atoms with E-state index in [9.17, 15) is 13.2 Å². The van der Waals surface area contributed by atoms with Crippen LogP contribution in [-0.2, 0) is 19.4 Å². The zero-order valence-corrected chi connectivity index (χ0v) is 8.50. The molecule has 0 bridgehead atoms. The summed E-state index contributed by atoms with van der Waals surface area (Å²) in [6.07, 6.45) is 0.326. The molecule has 0 aromatic carbocycles. The molecular formula is C7H14O5S. The van der Waals surface area contributed by atoms with Crippen LogP contribution in [0.4, 0.5) is 0 Å². The first kappa shape index (κ1) is 12.4. The van der Waals surface area contributed by atoms with Crippen molar-refractivity contribution in [3.05, 3.63) is 0 Å². The third-order valence-corrected chi connectivity index (χ3v) is 3.78. The van der Waals surface area contributed by atoms with Crippen LogP contribution in [-0.4, -0.2) is 44.2 Å². The summed E-state index contributed by atoms with van der Waals surface area (Å²) >= 11 is 0. The largest absolute Gasteiger partial charge is 0.480 e. The number of hydrogen-bond donors (Lipinski definition) is 1. The van der Waals surface area contributed by atoms with E-state index in [0.29, 0.717) is 13.0 Å². The van der Waals surface area contributed by atoms with Crippen molar-refractivity contribution in [1.82, 2.24) is 0 Å². The molecule has 0 spiro atoms.